The van der Waals surface area contributed by atoms with Gasteiger partial charge in [0.05, 0.1) is 5.88 Å². The quantitative estimate of drug-likeness (QED) is 0.745. The van der Waals surface area contributed by atoms with Crippen LogP contribution in [0.1, 0.15) is 25.3 Å². The molecule has 0 fully saturated rings. The molecule has 3 heteroatoms. The van der Waals surface area contributed by atoms with Gasteiger partial charge < -0.3 is 9.84 Å². The Kier molecular flexibility index (Phi) is 6.27. The Morgan fingerprint density at radius 3 is 2.94 bits per heavy atom. The normalized spacial score (nSPS) is 12.4. The molecule has 1 unspecified atom stereocenters. The number of rotatable bonds is 7. The van der Waals surface area contributed by atoms with Crippen LogP contribution in [0.4, 0.5) is 0 Å². The van der Waals surface area contributed by atoms with Crippen molar-refractivity contribution in [3.8, 4) is 5.75 Å². The number of aliphatic hydroxyl groups is 1. The molecule has 2 nitrogen and oxygen atoms in total. The summed E-state index contributed by atoms with van der Waals surface area (Å²) < 4.78 is 5.44. The van der Waals surface area contributed by atoms with Crippen molar-refractivity contribution < 1.29 is 9.84 Å². The van der Waals surface area contributed by atoms with Gasteiger partial charge in [0.2, 0.25) is 0 Å². The fourth-order valence-corrected chi connectivity index (χ4v) is 1.50. The SMILES string of the molecule is CCCCc1cccc(OCC(O)CCl)c1. The number of unbranched alkanes of at least 4 members (excludes halogenated alkanes) is 1. The molecule has 0 aliphatic heterocycles. The average Bonchev–Trinajstić information content (AvgIpc) is 2.34. The highest BCUT2D eigenvalue weighted by atomic mass is 35.5. The summed E-state index contributed by atoms with van der Waals surface area (Å²) in [6.07, 6.45) is 2.86. The Labute approximate surface area is 102 Å². The van der Waals surface area contributed by atoms with Gasteiger partial charge in [-0.15, -0.1) is 11.6 Å². The topological polar surface area (TPSA) is 29.5 Å². The molecule has 1 aromatic rings. The van der Waals surface area contributed by atoms with E-state index in [0.29, 0.717) is 0 Å². The maximum atomic E-state index is 9.27. The van der Waals surface area contributed by atoms with Crippen LogP contribution >= 0.6 is 11.6 Å². The molecule has 0 saturated carbocycles. The Morgan fingerprint density at radius 1 is 1.44 bits per heavy atom. The molecule has 1 N–H and O–H groups in total. The van der Waals surface area contributed by atoms with Gasteiger partial charge in [0, 0.05) is 0 Å². The Balaban J connectivity index is 2.46. The average molecular weight is 243 g/mol. The number of alkyl halides is 1. The van der Waals surface area contributed by atoms with Gasteiger partial charge in [-0.1, -0.05) is 25.5 Å². The van der Waals surface area contributed by atoms with Crippen LogP contribution in [0.3, 0.4) is 0 Å². The molecule has 1 rings (SSSR count). The van der Waals surface area contributed by atoms with Crippen molar-refractivity contribution in [2.45, 2.75) is 32.3 Å². The van der Waals surface area contributed by atoms with E-state index < -0.39 is 6.10 Å². The van der Waals surface area contributed by atoms with E-state index in [0.717, 1.165) is 12.2 Å². The highest BCUT2D eigenvalue weighted by molar-refractivity contribution is 6.18. The fourth-order valence-electron chi connectivity index (χ4n) is 1.41. The molecule has 0 aliphatic carbocycles. The first-order valence-electron chi connectivity index (χ1n) is 5.72. The van der Waals surface area contributed by atoms with E-state index in [1.807, 2.05) is 18.2 Å². The smallest absolute Gasteiger partial charge is 0.119 e. The second kappa shape index (κ2) is 7.53. The van der Waals surface area contributed by atoms with Gasteiger partial charge in [0.25, 0.3) is 0 Å². The number of aliphatic hydroxyl groups excluding tert-OH is 1. The molecule has 1 aromatic carbocycles. The standard InChI is InChI=1S/C13H19ClO2/c1-2-3-5-11-6-4-7-13(8-11)16-10-12(15)9-14/h4,6-8,12,15H,2-3,5,9-10H2,1H3. The maximum absolute atomic E-state index is 9.27. The van der Waals surface area contributed by atoms with Crippen LogP contribution < -0.4 is 4.74 Å². The summed E-state index contributed by atoms with van der Waals surface area (Å²) in [5.41, 5.74) is 1.28. The molecule has 0 heterocycles. The van der Waals surface area contributed by atoms with Crippen LogP contribution in [0.25, 0.3) is 0 Å². The monoisotopic (exact) mass is 242 g/mol. The predicted molar refractivity (Wildman–Crippen MR) is 67.3 cm³/mol. The lowest BCUT2D eigenvalue weighted by Crippen LogP contribution is -2.18. The van der Waals surface area contributed by atoms with E-state index in [9.17, 15) is 5.11 Å². The van der Waals surface area contributed by atoms with Gasteiger partial charge in [0.15, 0.2) is 0 Å². The molecule has 16 heavy (non-hydrogen) atoms. The molecule has 0 spiro atoms. The predicted octanol–water partition coefficient (Wildman–Crippen LogP) is 3.01. The molecule has 0 amide bonds. The Bertz CT molecular complexity index is 302. The van der Waals surface area contributed by atoms with E-state index in [1.54, 1.807) is 0 Å². The minimum absolute atomic E-state index is 0.204. The first-order valence-corrected chi connectivity index (χ1v) is 6.25. The van der Waals surface area contributed by atoms with Gasteiger partial charge in [-0.3, -0.25) is 0 Å². The van der Waals surface area contributed by atoms with Crippen LogP contribution in [0.5, 0.6) is 5.75 Å². The van der Waals surface area contributed by atoms with Crippen molar-refractivity contribution in [2.75, 3.05) is 12.5 Å². The van der Waals surface area contributed by atoms with Gasteiger partial charge in [0.1, 0.15) is 18.5 Å². The molecule has 0 saturated heterocycles. The largest absolute Gasteiger partial charge is 0.491 e. The molecule has 90 valence electrons. The highest BCUT2D eigenvalue weighted by Gasteiger charge is 2.03. The minimum Gasteiger partial charge on any atom is -0.491 e. The molecular formula is C13H19ClO2. The van der Waals surface area contributed by atoms with Crippen LogP contribution in [-0.2, 0) is 6.42 Å². The summed E-state index contributed by atoms with van der Waals surface area (Å²) in [6, 6.07) is 8.00. The van der Waals surface area contributed by atoms with Gasteiger partial charge >= 0.3 is 0 Å². The molecule has 0 aromatic heterocycles. The second-order valence-corrected chi connectivity index (χ2v) is 4.18. The van der Waals surface area contributed by atoms with Crippen molar-refractivity contribution in [3.63, 3.8) is 0 Å². The van der Waals surface area contributed by atoms with Crippen molar-refractivity contribution in [2.24, 2.45) is 0 Å². The summed E-state index contributed by atoms with van der Waals surface area (Å²) in [4.78, 5) is 0. The highest BCUT2D eigenvalue weighted by Crippen LogP contribution is 2.15. The van der Waals surface area contributed by atoms with E-state index in [4.69, 9.17) is 16.3 Å². The zero-order valence-electron chi connectivity index (χ0n) is 9.66. The van der Waals surface area contributed by atoms with E-state index in [1.165, 1.54) is 18.4 Å². The number of benzene rings is 1. The number of ether oxygens (including phenoxy) is 1. The fraction of sp³-hybridized carbons (Fsp3) is 0.538. The summed E-state index contributed by atoms with van der Waals surface area (Å²) in [5, 5.41) is 9.27. The zero-order valence-corrected chi connectivity index (χ0v) is 10.4. The minimum atomic E-state index is -0.596. The third-order valence-corrected chi connectivity index (χ3v) is 2.69. The van der Waals surface area contributed by atoms with Crippen molar-refractivity contribution in [1.82, 2.24) is 0 Å². The Hall–Kier alpha value is -0.730. The number of hydrogen-bond acceptors (Lipinski definition) is 2. The van der Waals surface area contributed by atoms with Crippen molar-refractivity contribution in [3.05, 3.63) is 29.8 Å². The van der Waals surface area contributed by atoms with Gasteiger partial charge in [-0.2, -0.15) is 0 Å². The van der Waals surface area contributed by atoms with E-state index in [2.05, 4.69) is 13.0 Å². The third-order valence-electron chi connectivity index (χ3n) is 2.34. The van der Waals surface area contributed by atoms with Crippen LogP contribution in [0, 0.1) is 0 Å². The molecule has 0 aliphatic rings. The maximum Gasteiger partial charge on any atom is 0.119 e. The lowest BCUT2D eigenvalue weighted by molar-refractivity contribution is 0.125. The van der Waals surface area contributed by atoms with Gasteiger partial charge in [-0.25, -0.2) is 0 Å². The lowest BCUT2D eigenvalue weighted by atomic mass is 10.1. The second-order valence-electron chi connectivity index (χ2n) is 3.87. The van der Waals surface area contributed by atoms with Crippen molar-refractivity contribution >= 4 is 11.6 Å². The molecule has 1 atom stereocenters. The van der Waals surface area contributed by atoms with Crippen LogP contribution in [0.15, 0.2) is 24.3 Å². The third kappa shape index (κ3) is 4.86. The van der Waals surface area contributed by atoms with Crippen molar-refractivity contribution in [1.29, 1.82) is 0 Å². The number of aryl methyl sites for hydroxylation is 1. The van der Waals surface area contributed by atoms with E-state index >= 15 is 0 Å². The first-order chi connectivity index (χ1) is 7.76. The summed E-state index contributed by atoms with van der Waals surface area (Å²) in [7, 11) is 0. The molecular weight excluding hydrogens is 224 g/mol. The molecule has 0 bridgehead atoms. The van der Waals surface area contributed by atoms with Crippen LogP contribution in [0.2, 0.25) is 0 Å². The van der Waals surface area contributed by atoms with Gasteiger partial charge in [-0.05, 0) is 30.5 Å². The Morgan fingerprint density at radius 2 is 2.25 bits per heavy atom. The van der Waals surface area contributed by atoms with E-state index in [-0.39, 0.29) is 12.5 Å². The molecule has 0 radical (unpaired) electrons. The number of hydrogen-bond donors (Lipinski definition) is 1. The number of halogens is 1. The summed E-state index contributed by atoms with van der Waals surface area (Å²) in [5.74, 6) is 1.01. The summed E-state index contributed by atoms with van der Waals surface area (Å²) >= 11 is 5.49. The van der Waals surface area contributed by atoms with Crippen LogP contribution in [-0.4, -0.2) is 23.7 Å². The zero-order chi connectivity index (χ0) is 11.8. The first kappa shape index (κ1) is 13.3. The summed E-state index contributed by atoms with van der Waals surface area (Å²) in [6.45, 7) is 2.43. The lowest BCUT2D eigenvalue weighted by Gasteiger charge is -2.10.